The molecule has 5 heteroatoms. The van der Waals surface area contributed by atoms with Crippen LogP contribution < -0.4 is 15.8 Å². The number of ether oxygens (including phenoxy) is 1. The molecule has 0 radical (unpaired) electrons. The van der Waals surface area contributed by atoms with Gasteiger partial charge >= 0.3 is 0 Å². The molecule has 2 aromatic rings. The highest BCUT2D eigenvalue weighted by Crippen LogP contribution is 2.20. The van der Waals surface area contributed by atoms with Crippen molar-refractivity contribution in [2.75, 3.05) is 18.2 Å². The van der Waals surface area contributed by atoms with E-state index < -0.39 is 0 Å². The van der Waals surface area contributed by atoms with Gasteiger partial charge in [0.15, 0.2) is 5.78 Å². The minimum absolute atomic E-state index is 0.0200. The molecule has 2 aromatic carbocycles. The van der Waals surface area contributed by atoms with E-state index in [2.05, 4.69) is 5.32 Å². The van der Waals surface area contributed by atoms with Crippen LogP contribution in [-0.4, -0.2) is 18.8 Å². The van der Waals surface area contributed by atoms with Crippen LogP contribution in [0, 0.1) is 0 Å². The second kappa shape index (κ2) is 6.09. The number of carbonyl (C=O) groups excluding carboxylic acids is 2. The lowest BCUT2D eigenvalue weighted by Gasteiger charge is -2.08. The molecule has 108 valence electrons. The fraction of sp³-hybridized carbons (Fsp3) is 0.125. The Labute approximate surface area is 122 Å². The smallest absolute Gasteiger partial charge is 0.255 e. The van der Waals surface area contributed by atoms with Crippen molar-refractivity contribution in [2.45, 2.75) is 6.92 Å². The summed E-state index contributed by atoms with van der Waals surface area (Å²) in [6.45, 7) is 1.49. The van der Waals surface area contributed by atoms with Gasteiger partial charge in [-0.25, -0.2) is 0 Å². The van der Waals surface area contributed by atoms with Crippen LogP contribution in [0.4, 0.5) is 11.4 Å². The Bertz CT molecular complexity index is 678. The number of nitrogens with two attached hydrogens (primary N) is 1. The van der Waals surface area contributed by atoms with Crippen molar-refractivity contribution in [1.82, 2.24) is 0 Å². The van der Waals surface area contributed by atoms with E-state index in [4.69, 9.17) is 10.5 Å². The quantitative estimate of drug-likeness (QED) is 0.668. The van der Waals surface area contributed by atoms with Crippen LogP contribution in [0.2, 0.25) is 0 Å². The summed E-state index contributed by atoms with van der Waals surface area (Å²) in [6.07, 6.45) is 0. The Morgan fingerprint density at radius 1 is 1.05 bits per heavy atom. The first-order valence-electron chi connectivity index (χ1n) is 6.36. The summed E-state index contributed by atoms with van der Waals surface area (Å²) in [5.74, 6) is 0.205. The molecule has 21 heavy (non-hydrogen) atoms. The van der Waals surface area contributed by atoms with Gasteiger partial charge in [-0.3, -0.25) is 9.59 Å². The highest BCUT2D eigenvalue weighted by Gasteiger charge is 2.09. The van der Waals surface area contributed by atoms with Crippen LogP contribution >= 0.6 is 0 Å². The van der Waals surface area contributed by atoms with Gasteiger partial charge in [0.25, 0.3) is 5.91 Å². The number of amides is 1. The average molecular weight is 284 g/mol. The highest BCUT2D eigenvalue weighted by molar-refractivity contribution is 6.05. The molecule has 0 heterocycles. The lowest BCUT2D eigenvalue weighted by atomic mass is 10.1. The normalized spacial score (nSPS) is 10.0. The number of Topliss-reactive ketones (excluding diaryl/α,β-unsaturated/α-hetero) is 1. The van der Waals surface area contributed by atoms with Gasteiger partial charge in [0.1, 0.15) is 5.75 Å². The van der Waals surface area contributed by atoms with Gasteiger partial charge in [-0.05, 0) is 43.3 Å². The Kier molecular flexibility index (Phi) is 4.23. The molecular weight excluding hydrogens is 268 g/mol. The summed E-state index contributed by atoms with van der Waals surface area (Å²) in [4.78, 5) is 23.4. The zero-order valence-corrected chi connectivity index (χ0v) is 11.8. The van der Waals surface area contributed by atoms with E-state index in [0.29, 0.717) is 28.3 Å². The maximum absolute atomic E-state index is 12.2. The summed E-state index contributed by atoms with van der Waals surface area (Å²) >= 11 is 0. The van der Waals surface area contributed by atoms with E-state index >= 15 is 0 Å². The van der Waals surface area contributed by atoms with Crippen molar-refractivity contribution < 1.29 is 14.3 Å². The average Bonchev–Trinajstić information content (AvgIpc) is 2.47. The highest BCUT2D eigenvalue weighted by atomic mass is 16.5. The van der Waals surface area contributed by atoms with Crippen molar-refractivity contribution in [3.63, 3.8) is 0 Å². The standard InChI is InChI=1S/C16H16N2O3/c1-10(19)11-3-5-14(6-4-11)18-16(20)12-7-13(17)9-15(8-12)21-2/h3-9H,17H2,1-2H3,(H,18,20). The fourth-order valence-electron chi connectivity index (χ4n) is 1.86. The predicted octanol–water partition coefficient (Wildman–Crippen LogP) is 2.73. The first kappa shape index (κ1) is 14.6. The van der Waals surface area contributed by atoms with Gasteiger partial charge in [0, 0.05) is 28.6 Å². The summed E-state index contributed by atoms with van der Waals surface area (Å²) in [7, 11) is 1.51. The number of ketones is 1. The molecule has 0 aromatic heterocycles. The Balaban J connectivity index is 2.17. The summed E-state index contributed by atoms with van der Waals surface area (Å²) in [5, 5.41) is 2.74. The number of benzene rings is 2. The molecule has 0 aliphatic heterocycles. The SMILES string of the molecule is COc1cc(N)cc(C(=O)Nc2ccc(C(C)=O)cc2)c1. The minimum atomic E-state index is -0.295. The Hall–Kier alpha value is -2.82. The lowest BCUT2D eigenvalue weighted by Crippen LogP contribution is -2.12. The molecule has 0 saturated carbocycles. The van der Waals surface area contributed by atoms with E-state index in [0.717, 1.165) is 0 Å². The number of carbonyl (C=O) groups is 2. The number of nitrogen functional groups attached to an aromatic ring is 1. The van der Waals surface area contributed by atoms with Gasteiger partial charge in [-0.15, -0.1) is 0 Å². The molecule has 1 amide bonds. The second-order valence-electron chi connectivity index (χ2n) is 4.58. The molecule has 0 unspecified atom stereocenters. The predicted molar refractivity (Wildman–Crippen MR) is 81.8 cm³/mol. The van der Waals surface area contributed by atoms with Gasteiger partial charge in [-0.2, -0.15) is 0 Å². The van der Waals surface area contributed by atoms with Gasteiger partial charge in [0.05, 0.1) is 7.11 Å². The molecule has 0 fully saturated rings. The van der Waals surface area contributed by atoms with E-state index in [-0.39, 0.29) is 11.7 Å². The largest absolute Gasteiger partial charge is 0.497 e. The second-order valence-corrected chi connectivity index (χ2v) is 4.58. The maximum atomic E-state index is 12.2. The molecule has 0 atom stereocenters. The lowest BCUT2D eigenvalue weighted by molar-refractivity contribution is 0.101. The first-order chi connectivity index (χ1) is 9.99. The zero-order valence-electron chi connectivity index (χ0n) is 11.8. The zero-order chi connectivity index (χ0) is 15.4. The third kappa shape index (κ3) is 3.60. The topological polar surface area (TPSA) is 81.4 Å². The van der Waals surface area contributed by atoms with Crippen molar-refractivity contribution >= 4 is 23.1 Å². The number of hydrogen-bond donors (Lipinski definition) is 2. The number of hydrogen-bond acceptors (Lipinski definition) is 4. The van der Waals surface area contributed by atoms with Gasteiger partial charge in [-0.1, -0.05) is 0 Å². The van der Waals surface area contributed by atoms with Gasteiger partial charge in [0.2, 0.25) is 0 Å². The molecule has 0 spiro atoms. The molecule has 0 bridgehead atoms. The van der Waals surface area contributed by atoms with Crippen LogP contribution in [0.25, 0.3) is 0 Å². The van der Waals surface area contributed by atoms with E-state index in [1.165, 1.54) is 14.0 Å². The summed E-state index contributed by atoms with van der Waals surface area (Å²) in [5.41, 5.74) is 7.78. The number of anilines is 2. The minimum Gasteiger partial charge on any atom is -0.497 e. The van der Waals surface area contributed by atoms with Crippen molar-refractivity contribution in [2.24, 2.45) is 0 Å². The molecule has 3 N–H and O–H groups in total. The van der Waals surface area contributed by atoms with Crippen molar-refractivity contribution in [3.8, 4) is 5.75 Å². The first-order valence-corrected chi connectivity index (χ1v) is 6.36. The summed E-state index contributed by atoms with van der Waals surface area (Å²) in [6, 6.07) is 11.5. The van der Waals surface area contributed by atoms with Crippen LogP contribution in [0.1, 0.15) is 27.6 Å². The fourth-order valence-corrected chi connectivity index (χ4v) is 1.86. The Morgan fingerprint density at radius 2 is 1.71 bits per heavy atom. The van der Waals surface area contributed by atoms with E-state index in [1.54, 1.807) is 42.5 Å². The molecule has 0 aliphatic rings. The van der Waals surface area contributed by atoms with Crippen LogP contribution in [0.3, 0.4) is 0 Å². The van der Waals surface area contributed by atoms with Crippen LogP contribution in [0.15, 0.2) is 42.5 Å². The number of nitrogens with one attached hydrogen (secondary N) is 1. The molecule has 0 aliphatic carbocycles. The monoisotopic (exact) mass is 284 g/mol. The van der Waals surface area contributed by atoms with Crippen molar-refractivity contribution in [3.05, 3.63) is 53.6 Å². The van der Waals surface area contributed by atoms with E-state index in [9.17, 15) is 9.59 Å². The van der Waals surface area contributed by atoms with Crippen molar-refractivity contribution in [1.29, 1.82) is 0 Å². The molecule has 2 rings (SSSR count). The molecular formula is C16H16N2O3. The van der Waals surface area contributed by atoms with Crippen LogP contribution in [-0.2, 0) is 0 Å². The summed E-state index contributed by atoms with van der Waals surface area (Å²) < 4.78 is 5.08. The third-order valence-electron chi connectivity index (χ3n) is 2.98. The van der Waals surface area contributed by atoms with Gasteiger partial charge < -0.3 is 15.8 Å². The number of methoxy groups -OCH3 is 1. The maximum Gasteiger partial charge on any atom is 0.255 e. The molecule has 5 nitrogen and oxygen atoms in total. The molecule has 0 saturated heterocycles. The van der Waals surface area contributed by atoms with Crippen LogP contribution in [0.5, 0.6) is 5.75 Å². The number of rotatable bonds is 4. The van der Waals surface area contributed by atoms with E-state index in [1.807, 2.05) is 0 Å². The Morgan fingerprint density at radius 3 is 2.29 bits per heavy atom. The third-order valence-corrected chi connectivity index (χ3v) is 2.98.